The van der Waals surface area contributed by atoms with Crippen LogP contribution in [-0.4, -0.2) is 17.6 Å². The SMILES string of the molecule is CCCC(CCC)C(=O)NC1=NN(c2ccccc2)C(=O)C1. The third-order valence-electron chi connectivity index (χ3n) is 3.69. The van der Waals surface area contributed by atoms with E-state index in [1.807, 2.05) is 30.3 Å². The molecule has 0 spiro atoms. The van der Waals surface area contributed by atoms with Crippen LogP contribution in [0.25, 0.3) is 0 Å². The Labute approximate surface area is 131 Å². The van der Waals surface area contributed by atoms with Crippen molar-refractivity contribution < 1.29 is 9.59 Å². The lowest BCUT2D eigenvalue weighted by Crippen LogP contribution is -2.35. The van der Waals surface area contributed by atoms with Crippen LogP contribution in [0, 0.1) is 5.92 Å². The first-order valence-corrected chi connectivity index (χ1v) is 7.92. The van der Waals surface area contributed by atoms with Crippen LogP contribution in [0.4, 0.5) is 5.69 Å². The standard InChI is InChI=1S/C17H23N3O2/c1-3-8-13(9-4-2)17(22)18-15-12-16(21)20(19-15)14-10-6-5-7-11-14/h5-7,10-11,13H,3-4,8-9,12H2,1-2H3,(H,18,19,22). The Balaban J connectivity index is 2.04. The molecular weight excluding hydrogens is 278 g/mol. The summed E-state index contributed by atoms with van der Waals surface area (Å²) in [6.45, 7) is 4.15. The predicted octanol–water partition coefficient (Wildman–Crippen LogP) is 3.07. The molecule has 0 saturated heterocycles. The molecule has 5 nitrogen and oxygen atoms in total. The highest BCUT2D eigenvalue weighted by atomic mass is 16.2. The molecule has 22 heavy (non-hydrogen) atoms. The van der Waals surface area contributed by atoms with E-state index in [1.54, 1.807) is 0 Å². The topological polar surface area (TPSA) is 61.8 Å². The van der Waals surface area contributed by atoms with Crippen molar-refractivity contribution in [3.63, 3.8) is 0 Å². The molecule has 0 aliphatic carbocycles. The number of carbonyl (C=O) groups excluding carboxylic acids is 2. The van der Waals surface area contributed by atoms with Gasteiger partial charge in [0, 0.05) is 5.92 Å². The summed E-state index contributed by atoms with van der Waals surface area (Å²) in [6, 6.07) is 9.24. The molecule has 1 aromatic carbocycles. The second-order valence-corrected chi connectivity index (χ2v) is 5.53. The number of amidine groups is 1. The molecular formula is C17H23N3O2. The second kappa shape index (κ2) is 7.73. The van der Waals surface area contributed by atoms with Crippen molar-refractivity contribution in [1.29, 1.82) is 0 Å². The number of amides is 2. The Morgan fingerprint density at radius 2 is 1.86 bits per heavy atom. The van der Waals surface area contributed by atoms with Gasteiger partial charge in [-0.15, -0.1) is 0 Å². The number of hydrogen-bond acceptors (Lipinski definition) is 3. The molecule has 1 heterocycles. The van der Waals surface area contributed by atoms with E-state index in [9.17, 15) is 9.59 Å². The van der Waals surface area contributed by atoms with Crippen LogP contribution in [-0.2, 0) is 9.59 Å². The maximum atomic E-state index is 12.3. The molecule has 0 unspecified atom stereocenters. The summed E-state index contributed by atoms with van der Waals surface area (Å²) in [6.07, 6.45) is 3.82. The molecule has 2 amide bonds. The molecule has 1 aliphatic rings. The number of carbonyl (C=O) groups is 2. The van der Waals surface area contributed by atoms with Crippen LogP contribution in [0.2, 0.25) is 0 Å². The Morgan fingerprint density at radius 1 is 1.23 bits per heavy atom. The molecule has 0 atom stereocenters. The molecule has 0 saturated carbocycles. The van der Waals surface area contributed by atoms with Gasteiger partial charge >= 0.3 is 0 Å². The van der Waals surface area contributed by atoms with E-state index in [0.29, 0.717) is 5.84 Å². The summed E-state index contributed by atoms with van der Waals surface area (Å²) in [5, 5.41) is 8.43. The average molecular weight is 301 g/mol. The van der Waals surface area contributed by atoms with Crippen molar-refractivity contribution in [1.82, 2.24) is 5.32 Å². The minimum absolute atomic E-state index is 0.00132. The highest BCUT2D eigenvalue weighted by molar-refractivity contribution is 6.15. The second-order valence-electron chi connectivity index (χ2n) is 5.53. The zero-order valence-corrected chi connectivity index (χ0v) is 13.2. The van der Waals surface area contributed by atoms with Gasteiger partial charge in [-0.1, -0.05) is 44.9 Å². The summed E-state index contributed by atoms with van der Waals surface area (Å²) in [5.74, 6) is 0.295. The summed E-state index contributed by atoms with van der Waals surface area (Å²) >= 11 is 0. The van der Waals surface area contributed by atoms with Crippen molar-refractivity contribution in [3.8, 4) is 0 Å². The first kappa shape index (κ1) is 16.2. The number of nitrogens with zero attached hydrogens (tertiary/aromatic N) is 2. The van der Waals surface area contributed by atoms with Gasteiger partial charge in [0.1, 0.15) is 5.84 Å². The van der Waals surface area contributed by atoms with Crippen molar-refractivity contribution in [2.24, 2.45) is 11.0 Å². The van der Waals surface area contributed by atoms with Gasteiger partial charge in [-0.2, -0.15) is 10.1 Å². The van der Waals surface area contributed by atoms with E-state index in [4.69, 9.17) is 0 Å². The lowest BCUT2D eigenvalue weighted by molar-refractivity contribution is -0.124. The largest absolute Gasteiger partial charge is 0.312 e. The van der Waals surface area contributed by atoms with E-state index >= 15 is 0 Å². The third-order valence-corrected chi connectivity index (χ3v) is 3.69. The van der Waals surface area contributed by atoms with Gasteiger partial charge in [0.25, 0.3) is 5.91 Å². The van der Waals surface area contributed by atoms with E-state index in [1.165, 1.54) is 5.01 Å². The van der Waals surface area contributed by atoms with Gasteiger partial charge in [-0.3, -0.25) is 9.59 Å². The first-order chi connectivity index (χ1) is 10.7. The van der Waals surface area contributed by atoms with Crippen molar-refractivity contribution in [2.75, 3.05) is 5.01 Å². The number of anilines is 1. The number of hydrazone groups is 1. The van der Waals surface area contributed by atoms with E-state index < -0.39 is 0 Å². The van der Waals surface area contributed by atoms with Crippen LogP contribution in [0.3, 0.4) is 0 Å². The van der Waals surface area contributed by atoms with Crippen LogP contribution in [0.1, 0.15) is 46.0 Å². The van der Waals surface area contributed by atoms with Gasteiger partial charge in [-0.05, 0) is 25.0 Å². The number of benzene rings is 1. The fourth-order valence-electron chi connectivity index (χ4n) is 2.62. The smallest absolute Gasteiger partial charge is 0.255 e. The Hall–Kier alpha value is -2.17. The highest BCUT2D eigenvalue weighted by Crippen LogP contribution is 2.20. The van der Waals surface area contributed by atoms with Crippen LogP contribution in [0.5, 0.6) is 0 Å². The molecule has 0 radical (unpaired) electrons. The Morgan fingerprint density at radius 3 is 2.45 bits per heavy atom. The lowest BCUT2D eigenvalue weighted by atomic mass is 9.97. The minimum atomic E-state index is -0.121. The molecule has 0 fully saturated rings. The van der Waals surface area contributed by atoms with Gasteiger partial charge in [0.2, 0.25) is 5.91 Å². The predicted molar refractivity (Wildman–Crippen MR) is 87.4 cm³/mol. The van der Waals surface area contributed by atoms with E-state index in [-0.39, 0.29) is 24.2 Å². The lowest BCUT2D eigenvalue weighted by Gasteiger charge is -2.14. The van der Waals surface area contributed by atoms with E-state index in [2.05, 4.69) is 24.3 Å². The molecule has 0 aromatic heterocycles. The summed E-state index contributed by atoms with van der Waals surface area (Å²) < 4.78 is 0. The van der Waals surface area contributed by atoms with Crippen LogP contribution in [0.15, 0.2) is 35.4 Å². The van der Waals surface area contributed by atoms with E-state index in [0.717, 1.165) is 31.4 Å². The molecule has 5 heteroatoms. The normalized spacial score (nSPS) is 14.4. The fourth-order valence-corrected chi connectivity index (χ4v) is 2.62. The molecule has 2 rings (SSSR count). The van der Waals surface area contributed by atoms with Crippen molar-refractivity contribution in [2.45, 2.75) is 46.0 Å². The number of para-hydroxylation sites is 1. The molecule has 0 bridgehead atoms. The maximum absolute atomic E-state index is 12.3. The molecule has 1 aromatic rings. The minimum Gasteiger partial charge on any atom is -0.312 e. The highest BCUT2D eigenvalue weighted by Gasteiger charge is 2.27. The van der Waals surface area contributed by atoms with Gasteiger partial charge in [0.05, 0.1) is 12.1 Å². The zero-order chi connectivity index (χ0) is 15.9. The monoisotopic (exact) mass is 301 g/mol. The number of rotatable bonds is 6. The van der Waals surface area contributed by atoms with Gasteiger partial charge in [0.15, 0.2) is 0 Å². The average Bonchev–Trinajstić information content (AvgIpc) is 2.88. The van der Waals surface area contributed by atoms with Crippen LogP contribution < -0.4 is 10.3 Å². The zero-order valence-electron chi connectivity index (χ0n) is 13.2. The summed E-state index contributed by atoms with van der Waals surface area (Å²) in [7, 11) is 0. The molecule has 118 valence electrons. The quantitative estimate of drug-likeness (QED) is 0.877. The molecule has 1 aliphatic heterocycles. The van der Waals surface area contributed by atoms with Gasteiger partial charge in [-0.25, -0.2) is 0 Å². The number of nitrogens with one attached hydrogen (secondary N) is 1. The Kier molecular flexibility index (Phi) is 5.69. The van der Waals surface area contributed by atoms with Crippen LogP contribution >= 0.6 is 0 Å². The summed E-state index contributed by atoms with van der Waals surface area (Å²) in [4.78, 5) is 24.4. The maximum Gasteiger partial charge on any atom is 0.255 e. The fraction of sp³-hybridized carbons (Fsp3) is 0.471. The first-order valence-electron chi connectivity index (χ1n) is 7.92. The van der Waals surface area contributed by atoms with Crippen molar-refractivity contribution in [3.05, 3.63) is 30.3 Å². The summed E-state index contributed by atoms with van der Waals surface area (Å²) in [5.41, 5.74) is 0.718. The Bertz CT molecular complexity index is 548. The number of hydrogen-bond donors (Lipinski definition) is 1. The molecule has 1 N–H and O–H groups in total. The third kappa shape index (κ3) is 3.93. The van der Waals surface area contributed by atoms with Crippen molar-refractivity contribution >= 4 is 23.3 Å². The van der Waals surface area contributed by atoms with Gasteiger partial charge < -0.3 is 5.32 Å².